The summed E-state index contributed by atoms with van der Waals surface area (Å²) in [6.07, 6.45) is 1.76. The smallest absolute Gasteiger partial charge is 0.269 e. The van der Waals surface area contributed by atoms with Crippen LogP contribution in [0.2, 0.25) is 0 Å². The van der Waals surface area contributed by atoms with Gasteiger partial charge >= 0.3 is 0 Å². The Kier molecular flexibility index (Phi) is 5.59. The van der Waals surface area contributed by atoms with Gasteiger partial charge in [-0.2, -0.15) is 0 Å². The van der Waals surface area contributed by atoms with E-state index in [1.54, 1.807) is 18.3 Å². The number of aryl methyl sites for hydroxylation is 2. The van der Waals surface area contributed by atoms with Crippen molar-refractivity contribution in [3.05, 3.63) is 112 Å². The zero-order valence-corrected chi connectivity index (χ0v) is 19.5. The summed E-state index contributed by atoms with van der Waals surface area (Å²) in [4.78, 5) is 17.2. The summed E-state index contributed by atoms with van der Waals surface area (Å²) in [5, 5.41) is 15.0. The molecule has 0 bridgehead atoms. The number of nitrogens with zero attached hydrogens (tertiary/aromatic N) is 3. The molecule has 1 N–H and O–H groups in total. The maximum absolute atomic E-state index is 11.0. The highest BCUT2D eigenvalue weighted by Gasteiger charge is 2.42. The molecule has 0 amide bonds. The number of furan rings is 1. The van der Waals surface area contributed by atoms with Crippen LogP contribution in [0.5, 0.6) is 0 Å². The molecule has 170 valence electrons. The molecule has 5 rings (SSSR count). The molecule has 1 fully saturated rings. The summed E-state index contributed by atoms with van der Waals surface area (Å²) in [6.45, 7) is 4.13. The van der Waals surface area contributed by atoms with Gasteiger partial charge in [-0.05, 0) is 85.7 Å². The highest BCUT2D eigenvalue weighted by Crippen LogP contribution is 2.43. The first-order chi connectivity index (χ1) is 16.4. The Labute approximate surface area is 202 Å². The van der Waals surface area contributed by atoms with E-state index in [4.69, 9.17) is 16.6 Å². The molecule has 0 aliphatic carbocycles. The molecule has 0 saturated carbocycles. The fourth-order valence-electron chi connectivity index (χ4n) is 4.43. The Hall–Kier alpha value is -4.04. The molecule has 7 nitrogen and oxygen atoms in total. The van der Waals surface area contributed by atoms with Crippen LogP contribution < -0.4 is 10.2 Å². The molecule has 0 radical (unpaired) electrons. The number of nitro groups is 1. The molecule has 1 aliphatic rings. The number of hydrogen-bond acceptors (Lipinski definition) is 5. The van der Waals surface area contributed by atoms with Gasteiger partial charge in [0.2, 0.25) is 0 Å². The molecule has 2 atom stereocenters. The zero-order valence-electron chi connectivity index (χ0n) is 18.6. The van der Waals surface area contributed by atoms with Crippen molar-refractivity contribution in [2.45, 2.75) is 25.9 Å². The van der Waals surface area contributed by atoms with Crippen LogP contribution in [-0.2, 0) is 0 Å². The molecular weight excluding hydrogens is 448 g/mol. The highest BCUT2D eigenvalue weighted by molar-refractivity contribution is 7.80. The molecule has 0 spiro atoms. The molecular formula is C26H22N4O3S. The molecule has 4 aromatic rings. The van der Waals surface area contributed by atoms with Gasteiger partial charge in [-0.15, -0.1) is 0 Å². The quantitative estimate of drug-likeness (QED) is 0.216. The van der Waals surface area contributed by atoms with E-state index in [1.165, 1.54) is 12.1 Å². The van der Waals surface area contributed by atoms with Crippen LogP contribution >= 0.6 is 12.2 Å². The average molecular weight is 471 g/mol. The first-order valence-corrected chi connectivity index (χ1v) is 11.2. The predicted octanol–water partition coefficient (Wildman–Crippen LogP) is 6.04. The summed E-state index contributed by atoms with van der Waals surface area (Å²) in [7, 11) is 0. The van der Waals surface area contributed by atoms with Crippen molar-refractivity contribution in [2.24, 2.45) is 0 Å². The largest absolute Gasteiger partial charge is 0.459 e. The van der Waals surface area contributed by atoms with E-state index >= 15 is 0 Å². The third-order valence-corrected chi connectivity index (χ3v) is 6.18. The van der Waals surface area contributed by atoms with Gasteiger partial charge in [0.25, 0.3) is 5.69 Å². The van der Waals surface area contributed by atoms with E-state index in [1.807, 2.05) is 30.3 Å². The van der Waals surface area contributed by atoms with Crippen LogP contribution in [0, 0.1) is 24.0 Å². The van der Waals surface area contributed by atoms with Crippen LogP contribution in [0.4, 0.5) is 11.4 Å². The number of anilines is 1. The Morgan fingerprint density at radius 2 is 1.76 bits per heavy atom. The number of benzene rings is 2. The Morgan fingerprint density at radius 3 is 2.41 bits per heavy atom. The number of aromatic nitrogens is 1. The SMILES string of the molecule is Cc1cc(C)cc(N2C(=S)N[C@@H](c3ccccn3)[C@H]2c2ccc(-c3ccc([N+](=O)[O-])cc3)o2)c1. The molecule has 8 heteroatoms. The number of nitro benzene ring substituents is 1. The minimum atomic E-state index is -0.415. The van der Waals surface area contributed by atoms with Crippen molar-refractivity contribution in [3.63, 3.8) is 0 Å². The van der Waals surface area contributed by atoms with Crippen LogP contribution in [-0.4, -0.2) is 15.0 Å². The van der Waals surface area contributed by atoms with Crippen LogP contribution in [0.25, 0.3) is 11.3 Å². The van der Waals surface area contributed by atoms with E-state index in [9.17, 15) is 10.1 Å². The highest BCUT2D eigenvalue weighted by atomic mass is 32.1. The van der Waals surface area contributed by atoms with Crippen molar-refractivity contribution in [3.8, 4) is 11.3 Å². The fraction of sp³-hybridized carbons (Fsp3) is 0.154. The predicted molar refractivity (Wildman–Crippen MR) is 135 cm³/mol. The third-order valence-electron chi connectivity index (χ3n) is 5.86. The van der Waals surface area contributed by atoms with E-state index in [2.05, 4.69) is 47.2 Å². The Balaban J connectivity index is 1.58. The minimum absolute atomic E-state index is 0.0390. The van der Waals surface area contributed by atoms with Crippen LogP contribution in [0.3, 0.4) is 0 Å². The van der Waals surface area contributed by atoms with Gasteiger partial charge in [0, 0.05) is 29.6 Å². The number of non-ortho nitro benzene ring substituents is 1. The lowest BCUT2D eigenvalue weighted by atomic mass is 10.0. The molecule has 1 saturated heterocycles. The first kappa shape index (κ1) is 21.8. The van der Waals surface area contributed by atoms with Crippen LogP contribution in [0.1, 0.15) is 34.7 Å². The summed E-state index contributed by atoms with van der Waals surface area (Å²) in [5.74, 6) is 1.35. The normalized spacial score (nSPS) is 17.6. The van der Waals surface area contributed by atoms with Gasteiger partial charge in [0.15, 0.2) is 5.11 Å². The second-order valence-corrected chi connectivity index (χ2v) is 8.74. The standard InChI is InChI=1S/C26H22N4O3S/c1-16-13-17(2)15-20(14-16)29-25(24(28-26(29)34)21-5-3-4-12-27-21)23-11-10-22(33-23)18-6-8-19(9-7-18)30(31)32/h3-15,24-25H,1-2H3,(H,28,34)/t24-,25+/m0/s1. The summed E-state index contributed by atoms with van der Waals surface area (Å²) < 4.78 is 6.33. The van der Waals surface area contributed by atoms with Crippen molar-refractivity contribution >= 4 is 28.7 Å². The van der Waals surface area contributed by atoms with Crippen molar-refractivity contribution in [1.29, 1.82) is 0 Å². The van der Waals surface area contributed by atoms with E-state index < -0.39 is 4.92 Å². The molecule has 1 aliphatic heterocycles. The van der Waals surface area contributed by atoms with E-state index in [0.29, 0.717) is 10.9 Å². The van der Waals surface area contributed by atoms with Crippen molar-refractivity contribution in [2.75, 3.05) is 4.90 Å². The lowest BCUT2D eigenvalue weighted by Gasteiger charge is -2.26. The van der Waals surface area contributed by atoms with Gasteiger partial charge in [-0.1, -0.05) is 12.1 Å². The zero-order chi connectivity index (χ0) is 23.8. The first-order valence-electron chi connectivity index (χ1n) is 10.8. The topological polar surface area (TPSA) is 84.4 Å². The maximum atomic E-state index is 11.0. The van der Waals surface area contributed by atoms with Gasteiger partial charge in [-0.3, -0.25) is 15.1 Å². The second kappa shape index (κ2) is 8.72. The Bertz CT molecular complexity index is 1350. The van der Waals surface area contributed by atoms with Crippen LogP contribution in [0.15, 0.2) is 83.4 Å². The number of pyridine rings is 1. The Morgan fingerprint density at radius 1 is 1.03 bits per heavy atom. The number of thiocarbonyl (C=S) groups is 1. The lowest BCUT2D eigenvalue weighted by Crippen LogP contribution is -2.29. The van der Waals surface area contributed by atoms with Gasteiger partial charge in [0.05, 0.1) is 16.7 Å². The molecule has 3 heterocycles. The molecule has 0 unspecified atom stereocenters. The third kappa shape index (κ3) is 4.04. The number of nitrogens with one attached hydrogen (secondary N) is 1. The summed E-state index contributed by atoms with van der Waals surface area (Å²) in [6, 6.07) is 21.8. The van der Waals surface area contributed by atoms with Gasteiger partial charge in [-0.25, -0.2) is 0 Å². The lowest BCUT2D eigenvalue weighted by molar-refractivity contribution is -0.384. The average Bonchev–Trinajstić information content (AvgIpc) is 3.43. The van der Waals surface area contributed by atoms with Crippen molar-refractivity contribution < 1.29 is 9.34 Å². The van der Waals surface area contributed by atoms with E-state index in [-0.39, 0.29) is 17.8 Å². The minimum Gasteiger partial charge on any atom is -0.459 e. The molecule has 2 aromatic heterocycles. The second-order valence-electron chi connectivity index (χ2n) is 8.35. The summed E-state index contributed by atoms with van der Waals surface area (Å²) in [5.41, 5.74) is 4.92. The van der Waals surface area contributed by atoms with Gasteiger partial charge in [0.1, 0.15) is 17.6 Å². The summed E-state index contributed by atoms with van der Waals surface area (Å²) >= 11 is 5.78. The molecule has 2 aromatic carbocycles. The fourth-order valence-corrected chi connectivity index (χ4v) is 4.77. The number of hydrogen-bond donors (Lipinski definition) is 1. The molecule has 34 heavy (non-hydrogen) atoms. The van der Waals surface area contributed by atoms with Crippen molar-refractivity contribution in [1.82, 2.24) is 10.3 Å². The monoisotopic (exact) mass is 470 g/mol. The number of rotatable bonds is 5. The maximum Gasteiger partial charge on any atom is 0.269 e. The van der Waals surface area contributed by atoms with E-state index in [0.717, 1.165) is 33.8 Å². The van der Waals surface area contributed by atoms with Gasteiger partial charge < -0.3 is 14.6 Å².